The van der Waals surface area contributed by atoms with Gasteiger partial charge in [0.1, 0.15) is 17.8 Å². The third-order valence-corrected chi connectivity index (χ3v) is 11.4. The molecule has 11 nitrogen and oxygen atoms in total. The van der Waals surface area contributed by atoms with E-state index in [-0.39, 0.29) is 29.9 Å². The number of hydrogen-bond acceptors (Lipinski definition) is 9. The molecule has 3 amide bonds. The van der Waals surface area contributed by atoms with E-state index in [9.17, 15) is 23.4 Å². The van der Waals surface area contributed by atoms with E-state index < -0.39 is 39.5 Å². The number of hydrogen-bond donors (Lipinski definition) is 3. The van der Waals surface area contributed by atoms with E-state index in [1.165, 1.54) is 10.8 Å². The summed E-state index contributed by atoms with van der Waals surface area (Å²) in [5.41, 5.74) is 0.747. The van der Waals surface area contributed by atoms with Gasteiger partial charge in [-0.15, -0.1) is 0 Å². The van der Waals surface area contributed by atoms with E-state index in [1.54, 1.807) is 31.4 Å². The normalized spacial score (nSPS) is 20.1. The van der Waals surface area contributed by atoms with Crippen LogP contribution in [-0.2, 0) is 40.2 Å². The summed E-state index contributed by atoms with van der Waals surface area (Å²) < 4.78 is 22.5. The largest absolute Gasteiger partial charge is 0.497 e. The Morgan fingerprint density at radius 2 is 1.80 bits per heavy atom. The minimum Gasteiger partial charge on any atom is -0.497 e. The van der Waals surface area contributed by atoms with Gasteiger partial charge in [-0.1, -0.05) is 43.2 Å². The number of benzene rings is 1. The molecule has 2 saturated heterocycles. The molecule has 0 aliphatic carbocycles. The SMILES string of the molecule is COc1ccc(C[C@H](NC(=O)[C@H](CC(C)C)NC(=O)CCCCC2CCSS2=O)C(=O)C(=O)NCCN2CCOCC2)cc1. The lowest BCUT2D eigenvalue weighted by Crippen LogP contribution is -2.55. The molecule has 2 heterocycles. The number of Topliss-reactive ketones (excluding diaryl/α,β-unsaturated/α-hetero) is 1. The highest BCUT2D eigenvalue weighted by atomic mass is 33.1. The zero-order valence-electron chi connectivity index (χ0n) is 26.1. The van der Waals surface area contributed by atoms with E-state index in [4.69, 9.17) is 9.47 Å². The van der Waals surface area contributed by atoms with E-state index in [0.717, 1.165) is 43.7 Å². The summed E-state index contributed by atoms with van der Waals surface area (Å²) in [7, 11) is 2.22. The van der Waals surface area contributed by atoms with Crippen molar-refractivity contribution < 1.29 is 32.9 Å². The summed E-state index contributed by atoms with van der Waals surface area (Å²) in [5.74, 6) is -0.583. The second-order valence-corrected chi connectivity index (χ2v) is 15.2. The Balaban J connectivity index is 1.60. The topological polar surface area (TPSA) is 143 Å². The number of nitrogens with zero attached hydrogens (tertiary/aromatic N) is 1. The second-order valence-electron chi connectivity index (χ2n) is 11.7. The van der Waals surface area contributed by atoms with Crippen LogP contribution in [0.15, 0.2) is 24.3 Å². The van der Waals surface area contributed by atoms with Gasteiger partial charge in [-0.25, -0.2) is 4.21 Å². The molecule has 0 spiro atoms. The van der Waals surface area contributed by atoms with Gasteiger partial charge in [-0.3, -0.25) is 24.1 Å². The van der Waals surface area contributed by atoms with Crippen molar-refractivity contribution in [2.75, 3.05) is 52.3 Å². The Labute approximate surface area is 267 Å². The first-order valence-corrected chi connectivity index (χ1v) is 18.3. The summed E-state index contributed by atoms with van der Waals surface area (Å²) >= 11 is 0. The first-order chi connectivity index (χ1) is 21.2. The number of rotatable bonds is 18. The molecule has 1 aromatic rings. The molecule has 3 N–H and O–H groups in total. The number of ketones is 1. The average Bonchev–Trinajstić information content (AvgIpc) is 3.43. The van der Waals surface area contributed by atoms with Gasteiger partial charge in [0.25, 0.3) is 5.91 Å². The van der Waals surface area contributed by atoms with E-state index in [1.807, 2.05) is 13.8 Å². The van der Waals surface area contributed by atoms with Gasteiger partial charge in [0.2, 0.25) is 17.6 Å². The molecule has 1 aromatic carbocycles. The molecule has 0 bridgehead atoms. The van der Waals surface area contributed by atoms with Gasteiger partial charge in [-0.2, -0.15) is 0 Å². The lowest BCUT2D eigenvalue weighted by atomic mass is 9.99. The summed E-state index contributed by atoms with van der Waals surface area (Å²) in [4.78, 5) is 54.8. The van der Waals surface area contributed by atoms with Crippen molar-refractivity contribution >= 4 is 44.1 Å². The predicted molar refractivity (Wildman–Crippen MR) is 173 cm³/mol. The molecule has 2 unspecified atom stereocenters. The third kappa shape index (κ3) is 12.5. The van der Waals surface area contributed by atoms with Gasteiger partial charge in [0.15, 0.2) is 0 Å². The van der Waals surface area contributed by atoms with E-state index in [0.29, 0.717) is 44.9 Å². The van der Waals surface area contributed by atoms with Crippen molar-refractivity contribution in [2.45, 2.75) is 76.1 Å². The molecule has 2 aliphatic heterocycles. The summed E-state index contributed by atoms with van der Waals surface area (Å²) in [5, 5.41) is 8.52. The van der Waals surface area contributed by atoms with Gasteiger partial charge < -0.3 is 25.4 Å². The molecule has 13 heteroatoms. The Hall–Kier alpha value is -2.48. The van der Waals surface area contributed by atoms with Gasteiger partial charge in [0, 0.05) is 50.0 Å². The van der Waals surface area contributed by atoms with Crippen LogP contribution in [0.1, 0.15) is 57.9 Å². The van der Waals surface area contributed by atoms with Crippen molar-refractivity contribution in [3.8, 4) is 5.75 Å². The Morgan fingerprint density at radius 3 is 2.43 bits per heavy atom. The fourth-order valence-corrected chi connectivity index (χ4v) is 8.69. The van der Waals surface area contributed by atoms with E-state index >= 15 is 0 Å². The monoisotopic (exact) mass is 652 g/mol. The number of unbranched alkanes of at least 4 members (excludes halogenated alkanes) is 1. The fraction of sp³-hybridized carbons (Fsp3) is 0.677. The number of ether oxygens (including phenoxy) is 2. The molecule has 0 radical (unpaired) electrons. The molecule has 44 heavy (non-hydrogen) atoms. The molecule has 0 aromatic heterocycles. The first-order valence-electron chi connectivity index (χ1n) is 15.5. The smallest absolute Gasteiger partial charge is 0.289 e. The van der Waals surface area contributed by atoms with Crippen LogP contribution in [0, 0.1) is 5.92 Å². The maximum absolute atomic E-state index is 13.5. The van der Waals surface area contributed by atoms with Crippen LogP contribution in [0.25, 0.3) is 0 Å². The Kier molecular flexibility index (Phi) is 15.6. The zero-order valence-corrected chi connectivity index (χ0v) is 27.8. The Bertz CT molecular complexity index is 1110. The lowest BCUT2D eigenvalue weighted by Gasteiger charge is -2.26. The van der Waals surface area contributed by atoms with Crippen molar-refractivity contribution in [1.29, 1.82) is 0 Å². The minimum atomic E-state index is -1.11. The molecular formula is C31H48N4O7S2. The van der Waals surface area contributed by atoms with Crippen molar-refractivity contribution in [1.82, 2.24) is 20.9 Å². The number of carbonyl (C=O) groups excluding carboxylic acids is 4. The van der Waals surface area contributed by atoms with Crippen LogP contribution in [0.2, 0.25) is 0 Å². The molecule has 246 valence electrons. The number of morpholine rings is 1. The van der Waals surface area contributed by atoms with Gasteiger partial charge in [0.05, 0.1) is 30.2 Å². The molecule has 4 atom stereocenters. The van der Waals surface area contributed by atoms with Crippen LogP contribution < -0.4 is 20.7 Å². The van der Waals surface area contributed by atoms with Crippen LogP contribution in [0.3, 0.4) is 0 Å². The highest BCUT2D eigenvalue weighted by Crippen LogP contribution is 2.29. The minimum absolute atomic E-state index is 0.0973. The van der Waals surface area contributed by atoms with Crippen molar-refractivity contribution in [3.63, 3.8) is 0 Å². The summed E-state index contributed by atoms with van der Waals surface area (Å²) in [6.45, 7) is 7.61. The van der Waals surface area contributed by atoms with Crippen LogP contribution in [0.5, 0.6) is 5.75 Å². The van der Waals surface area contributed by atoms with Gasteiger partial charge in [-0.05, 0) is 49.3 Å². The summed E-state index contributed by atoms with van der Waals surface area (Å²) in [6.07, 6.45) is 3.95. The summed E-state index contributed by atoms with van der Waals surface area (Å²) in [6, 6.07) is 5.12. The molecule has 2 fully saturated rings. The quantitative estimate of drug-likeness (QED) is 0.123. The van der Waals surface area contributed by atoms with Crippen LogP contribution >= 0.6 is 10.8 Å². The maximum Gasteiger partial charge on any atom is 0.289 e. The predicted octanol–water partition coefficient (Wildman–Crippen LogP) is 2.00. The van der Waals surface area contributed by atoms with Crippen molar-refractivity contribution in [3.05, 3.63) is 29.8 Å². The highest BCUT2D eigenvalue weighted by Gasteiger charge is 2.31. The lowest BCUT2D eigenvalue weighted by molar-refractivity contribution is -0.140. The van der Waals surface area contributed by atoms with Crippen molar-refractivity contribution in [2.24, 2.45) is 5.92 Å². The van der Waals surface area contributed by atoms with Crippen LogP contribution in [-0.4, -0.2) is 102 Å². The van der Waals surface area contributed by atoms with E-state index in [2.05, 4.69) is 20.9 Å². The third-order valence-electron chi connectivity index (χ3n) is 7.72. The maximum atomic E-state index is 13.5. The van der Waals surface area contributed by atoms with Gasteiger partial charge >= 0.3 is 0 Å². The molecular weight excluding hydrogens is 604 g/mol. The average molecular weight is 653 g/mol. The molecule has 3 rings (SSSR count). The number of nitrogens with one attached hydrogen (secondary N) is 3. The molecule has 2 aliphatic rings. The number of methoxy groups -OCH3 is 1. The number of carbonyl (C=O) groups is 4. The standard InChI is InChI=1S/C31H48N4O7S2/c1-22(2)20-27(33-28(36)7-5-4-6-25-12-19-43-44(25)40)30(38)34-26(21-23-8-10-24(41-3)11-9-23)29(37)31(39)32-13-14-35-15-17-42-18-16-35/h8-11,22,25-27H,4-7,12-21H2,1-3H3,(H,32,39)(H,33,36)(H,34,38)/t25?,26-,27-,44?/m0/s1. The zero-order chi connectivity index (χ0) is 31.9. The second kappa shape index (κ2) is 19.1. The molecule has 0 saturated carbocycles. The number of amides is 3. The Morgan fingerprint density at radius 1 is 1.07 bits per heavy atom. The van der Waals surface area contributed by atoms with Crippen LogP contribution in [0.4, 0.5) is 0 Å². The fourth-order valence-electron chi connectivity index (χ4n) is 5.20. The highest BCUT2D eigenvalue weighted by molar-refractivity contribution is 8.69. The first kappa shape index (κ1) is 36.0.